The first-order valence-corrected chi connectivity index (χ1v) is 6.64. The Labute approximate surface area is 105 Å². The topological polar surface area (TPSA) is 47.6 Å². The minimum atomic E-state index is -0.00163. The van der Waals surface area contributed by atoms with Crippen molar-refractivity contribution in [1.29, 1.82) is 0 Å². The van der Waals surface area contributed by atoms with E-state index < -0.39 is 0 Å². The monoisotopic (exact) mass is 253 g/mol. The predicted molar refractivity (Wildman–Crippen MR) is 67.8 cm³/mol. The van der Waals surface area contributed by atoms with Crippen molar-refractivity contribution in [3.8, 4) is 11.5 Å². The largest absolute Gasteiger partial charge is 0.454 e. The number of carbonyl (C=O) groups excluding carboxylic acids is 1. The molecule has 0 spiro atoms. The van der Waals surface area contributed by atoms with E-state index in [0.717, 1.165) is 23.5 Å². The van der Waals surface area contributed by atoms with E-state index in [1.165, 1.54) is 11.8 Å². The van der Waals surface area contributed by atoms with E-state index in [-0.39, 0.29) is 18.1 Å². The standard InChI is InChI=1S/C12H15NO3S/c1-8(13-12(14)17-2)5-9-3-4-10-11(6-9)16-7-15-10/h3-4,6,8H,5,7H2,1-2H3,(H,13,14). The van der Waals surface area contributed by atoms with Crippen LogP contribution in [0.2, 0.25) is 0 Å². The van der Waals surface area contributed by atoms with Gasteiger partial charge in [0.25, 0.3) is 5.24 Å². The molecule has 1 N–H and O–H groups in total. The Kier molecular flexibility index (Phi) is 3.78. The molecule has 17 heavy (non-hydrogen) atoms. The Hall–Kier alpha value is -1.36. The van der Waals surface area contributed by atoms with E-state index in [9.17, 15) is 4.79 Å². The lowest BCUT2D eigenvalue weighted by Gasteiger charge is -2.13. The molecular weight excluding hydrogens is 238 g/mol. The second-order valence-corrected chi connectivity index (χ2v) is 4.71. The van der Waals surface area contributed by atoms with Crippen molar-refractivity contribution in [2.24, 2.45) is 0 Å². The molecule has 1 aromatic rings. The molecule has 1 aliphatic rings. The van der Waals surface area contributed by atoms with Crippen LogP contribution >= 0.6 is 11.8 Å². The summed E-state index contributed by atoms with van der Waals surface area (Å²) in [7, 11) is 0. The summed E-state index contributed by atoms with van der Waals surface area (Å²) in [6, 6.07) is 5.97. The van der Waals surface area contributed by atoms with E-state index in [4.69, 9.17) is 9.47 Å². The van der Waals surface area contributed by atoms with Crippen molar-refractivity contribution in [2.45, 2.75) is 19.4 Å². The molecule has 0 bridgehead atoms. The average Bonchev–Trinajstić information content (AvgIpc) is 2.75. The van der Waals surface area contributed by atoms with Crippen molar-refractivity contribution in [3.05, 3.63) is 23.8 Å². The highest BCUT2D eigenvalue weighted by molar-refractivity contribution is 8.12. The number of nitrogens with one attached hydrogen (secondary N) is 1. The highest BCUT2D eigenvalue weighted by Crippen LogP contribution is 2.32. The van der Waals surface area contributed by atoms with Gasteiger partial charge in [0.2, 0.25) is 6.79 Å². The number of fused-ring (bicyclic) bond motifs is 1. The summed E-state index contributed by atoms with van der Waals surface area (Å²) in [5.74, 6) is 1.57. The normalized spacial score (nSPS) is 14.5. The molecule has 1 aliphatic heterocycles. The number of thioether (sulfide) groups is 1. The Bertz CT molecular complexity index is 422. The molecule has 0 fully saturated rings. The van der Waals surface area contributed by atoms with E-state index in [1.807, 2.05) is 25.1 Å². The summed E-state index contributed by atoms with van der Waals surface area (Å²) in [6.07, 6.45) is 2.55. The van der Waals surface area contributed by atoms with E-state index in [0.29, 0.717) is 0 Å². The van der Waals surface area contributed by atoms with Gasteiger partial charge in [-0.2, -0.15) is 0 Å². The van der Waals surface area contributed by atoms with Crippen LogP contribution in [0.15, 0.2) is 18.2 Å². The predicted octanol–water partition coefficient (Wildman–Crippen LogP) is 2.42. The molecule has 1 amide bonds. The highest BCUT2D eigenvalue weighted by Gasteiger charge is 2.14. The second kappa shape index (κ2) is 5.31. The van der Waals surface area contributed by atoms with Gasteiger partial charge in [-0.25, -0.2) is 0 Å². The van der Waals surface area contributed by atoms with Crippen LogP contribution in [0.25, 0.3) is 0 Å². The van der Waals surface area contributed by atoms with Crippen LogP contribution in [0.5, 0.6) is 11.5 Å². The molecule has 0 radical (unpaired) electrons. The van der Waals surface area contributed by atoms with Crippen molar-refractivity contribution < 1.29 is 14.3 Å². The maximum atomic E-state index is 11.2. The van der Waals surface area contributed by atoms with Crippen LogP contribution in [0.3, 0.4) is 0 Å². The second-order valence-electron chi connectivity index (χ2n) is 3.93. The lowest BCUT2D eigenvalue weighted by Crippen LogP contribution is -2.31. The fourth-order valence-electron chi connectivity index (χ4n) is 1.73. The fourth-order valence-corrected chi connectivity index (χ4v) is 2.05. The summed E-state index contributed by atoms with van der Waals surface area (Å²) in [5.41, 5.74) is 1.13. The molecule has 0 saturated heterocycles. The van der Waals surface area contributed by atoms with Gasteiger partial charge in [-0.3, -0.25) is 4.79 Å². The van der Waals surface area contributed by atoms with Gasteiger partial charge in [-0.05, 0) is 37.3 Å². The van der Waals surface area contributed by atoms with Crippen LogP contribution in [0.1, 0.15) is 12.5 Å². The van der Waals surface area contributed by atoms with Crippen LogP contribution in [-0.4, -0.2) is 24.3 Å². The number of hydrogen-bond donors (Lipinski definition) is 1. The number of rotatable bonds is 3. The van der Waals surface area contributed by atoms with Gasteiger partial charge >= 0.3 is 0 Å². The van der Waals surface area contributed by atoms with Crippen molar-refractivity contribution in [1.82, 2.24) is 5.32 Å². The van der Waals surface area contributed by atoms with Gasteiger partial charge < -0.3 is 14.8 Å². The fraction of sp³-hybridized carbons (Fsp3) is 0.417. The van der Waals surface area contributed by atoms with E-state index >= 15 is 0 Å². The molecule has 0 aromatic heterocycles. The molecule has 5 heteroatoms. The molecule has 1 aromatic carbocycles. The first kappa shape index (κ1) is 12.1. The summed E-state index contributed by atoms with van der Waals surface area (Å²) in [5, 5.41) is 2.90. The number of hydrogen-bond acceptors (Lipinski definition) is 4. The summed E-state index contributed by atoms with van der Waals surface area (Å²) >= 11 is 1.19. The third kappa shape index (κ3) is 3.06. The summed E-state index contributed by atoms with van der Waals surface area (Å²) in [4.78, 5) is 11.2. The Morgan fingerprint density at radius 1 is 1.47 bits per heavy atom. The first-order chi connectivity index (χ1) is 8.19. The Morgan fingerprint density at radius 3 is 3.00 bits per heavy atom. The van der Waals surface area contributed by atoms with Crippen molar-refractivity contribution in [2.75, 3.05) is 13.0 Å². The average molecular weight is 253 g/mol. The van der Waals surface area contributed by atoms with Gasteiger partial charge in [0.1, 0.15) is 0 Å². The van der Waals surface area contributed by atoms with Gasteiger partial charge in [-0.1, -0.05) is 17.8 Å². The van der Waals surface area contributed by atoms with E-state index in [1.54, 1.807) is 6.26 Å². The number of benzene rings is 1. The minimum absolute atomic E-state index is 0.00163. The zero-order chi connectivity index (χ0) is 12.3. The molecule has 0 saturated carbocycles. The maximum absolute atomic E-state index is 11.2. The summed E-state index contributed by atoms with van der Waals surface area (Å²) in [6.45, 7) is 2.27. The van der Waals surface area contributed by atoms with Gasteiger partial charge in [0.05, 0.1) is 0 Å². The molecule has 4 nitrogen and oxygen atoms in total. The zero-order valence-corrected chi connectivity index (χ0v) is 10.7. The molecule has 1 unspecified atom stereocenters. The minimum Gasteiger partial charge on any atom is -0.454 e. The Morgan fingerprint density at radius 2 is 2.24 bits per heavy atom. The lowest BCUT2D eigenvalue weighted by atomic mass is 10.1. The first-order valence-electron chi connectivity index (χ1n) is 5.42. The zero-order valence-electron chi connectivity index (χ0n) is 9.86. The number of carbonyl (C=O) groups is 1. The lowest BCUT2D eigenvalue weighted by molar-refractivity contribution is 0.174. The maximum Gasteiger partial charge on any atom is 0.278 e. The smallest absolute Gasteiger partial charge is 0.278 e. The summed E-state index contributed by atoms with van der Waals surface area (Å²) < 4.78 is 10.6. The number of amides is 1. The highest BCUT2D eigenvalue weighted by atomic mass is 32.2. The van der Waals surface area contributed by atoms with Crippen molar-refractivity contribution in [3.63, 3.8) is 0 Å². The molecule has 1 heterocycles. The molecule has 2 rings (SSSR count). The van der Waals surface area contributed by atoms with Crippen LogP contribution < -0.4 is 14.8 Å². The van der Waals surface area contributed by atoms with Gasteiger partial charge in [0.15, 0.2) is 11.5 Å². The molecule has 92 valence electrons. The van der Waals surface area contributed by atoms with Crippen molar-refractivity contribution >= 4 is 17.0 Å². The Balaban J connectivity index is 1.97. The third-order valence-electron chi connectivity index (χ3n) is 2.53. The molecular formula is C12H15NO3S. The van der Waals surface area contributed by atoms with Gasteiger partial charge in [-0.15, -0.1) is 0 Å². The van der Waals surface area contributed by atoms with Crippen LogP contribution in [0.4, 0.5) is 4.79 Å². The van der Waals surface area contributed by atoms with E-state index in [2.05, 4.69) is 5.32 Å². The molecule has 0 aliphatic carbocycles. The number of ether oxygens (including phenoxy) is 2. The van der Waals surface area contributed by atoms with Crippen LogP contribution in [0, 0.1) is 0 Å². The van der Waals surface area contributed by atoms with Gasteiger partial charge in [0, 0.05) is 6.04 Å². The van der Waals surface area contributed by atoms with Crippen LogP contribution in [-0.2, 0) is 6.42 Å². The SMILES string of the molecule is CSC(=O)NC(C)Cc1ccc2c(c1)OCO2. The molecule has 1 atom stereocenters. The third-order valence-corrected chi connectivity index (χ3v) is 3.02. The quantitative estimate of drug-likeness (QED) is 0.898.